The highest BCUT2D eigenvalue weighted by Crippen LogP contribution is 2.33. The van der Waals surface area contributed by atoms with Gasteiger partial charge in [0, 0.05) is 47.4 Å². The lowest BCUT2D eigenvalue weighted by Gasteiger charge is -2.28. The largest absolute Gasteiger partial charge is 0.497 e. The number of rotatable bonds is 5. The zero-order valence-electron chi connectivity index (χ0n) is 17.2. The van der Waals surface area contributed by atoms with Crippen molar-refractivity contribution >= 4 is 28.6 Å². The lowest BCUT2D eigenvalue weighted by Crippen LogP contribution is -2.39. The van der Waals surface area contributed by atoms with Gasteiger partial charge in [-0.15, -0.1) is 0 Å². The van der Waals surface area contributed by atoms with Crippen molar-refractivity contribution in [3.63, 3.8) is 0 Å². The summed E-state index contributed by atoms with van der Waals surface area (Å²) in [5.74, 6) is 0.474. The molecule has 1 aliphatic heterocycles. The van der Waals surface area contributed by atoms with E-state index in [1.54, 1.807) is 18.9 Å². The summed E-state index contributed by atoms with van der Waals surface area (Å²) in [5, 5.41) is 3.94. The molecule has 0 bridgehead atoms. The summed E-state index contributed by atoms with van der Waals surface area (Å²) in [7, 11) is 1.63. The maximum absolute atomic E-state index is 12.8. The molecule has 0 unspecified atom stereocenters. The van der Waals surface area contributed by atoms with Crippen molar-refractivity contribution in [3.05, 3.63) is 59.8 Å². The Labute approximate surface area is 175 Å². The summed E-state index contributed by atoms with van der Waals surface area (Å²) in [4.78, 5) is 26.8. The smallest absolute Gasteiger partial charge is 0.325 e. The standard InChI is InChI=1S/C23H25N3O4/c1-3-30-22(27)15-26-20-10-9-17(29-2)13-18(20)19-14-25(12-11-21(19)26)23(28)24-16-7-5-4-6-8-16/h4-10,13H,3,11-12,14-15H2,1-2H3,(H,24,28). The summed E-state index contributed by atoms with van der Waals surface area (Å²) in [6.07, 6.45) is 0.661. The number of carbonyl (C=O) groups excluding carboxylic acids is 2. The van der Waals surface area contributed by atoms with Crippen LogP contribution in [-0.4, -0.2) is 41.7 Å². The molecule has 2 aromatic carbocycles. The first-order chi connectivity index (χ1) is 14.6. The fourth-order valence-electron chi connectivity index (χ4n) is 3.97. The second-order valence-electron chi connectivity index (χ2n) is 7.17. The van der Waals surface area contributed by atoms with E-state index in [1.807, 2.05) is 53.1 Å². The number of para-hydroxylation sites is 1. The number of hydrogen-bond acceptors (Lipinski definition) is 4. The summed E-state index contributed by atoms with van der Waals surface area (Å²) in [6, 6.07) is 15.1. The van der Waals surface area contributed by atoms with Crippen LogP contribution in [0.3, 0.4) is 0 Å². The van der Waals surface area contributed by atoms with Gasteiger partial charge in [0.2, 0.25) is 0 Å². The van der Waals surface area contributed by atoms with E-state index in [4.69, 9.17) is 9.47 Å². The number of carbonyl (C=O) groups is 2. The monoisotopic (exact) mass is 407 g/mol. The lowest BCUT2D eigenvalue weighted by atomic mass is 10.0. The normalized spacial score (nSPS) is 13.1. The van der Waals surface area contributed by atoms with E-state index in [1.165, 1.54) is 0 Å². The van der Waals surface area contributed by atoms with Gasteiger partial charge in [-0.05, 0) is 37.3 Å². The van der Waals surface area contributed by atoms with E-state index in [0.717, 1.165) is 33.6 Å². The number of methoxy groups -OCH3 is 1. The summed E-state index contributed by atoms with van der Waals surface area (Å²) in [6.45, 7) is 3.34. The predicted molar refractivity (Wildman–Crippen MR) is 115 cm³/mol. The topological polar surface area (TPSA) is 72.8 Å². The predicted octanol–water partition coefficient (Wildman–Crippen LogP) is 3.80. The first kappa shape index (κ1) is 19.8. The van der Waals surface area contributed by atoms with Crippen LogP contribution < -0.4 is 10.1 Å². The summed E-state index contributed by atoms with van der Waals surface area (Å²) >= 11 is 0. The molecule has 1 N–H and O–H groups in total. The van der Waals surface area contributed by atoms with Gasteiger partial charge >= 0.3 is 12.0 Å². The molecule has 0 atom stereocenters. The van der Waals surface area contributed by atoms with Gasteiger partial charge in [0.15, 0.2) is 0 Å². The van der Waals surface area contributed by atoms with Gasteiger partial charge in [-0.1, -0.05) is 18.2 Å². The molecule has 7 nitrogen and oxygen atoms in total. The molecular weight excluding hydrogens is 382 g/mol. The van der Waals surface area contributed by atoms with Crippen molar-refractivity contribution < 1.29 is 19.1 Å². The minimum Gasteiger partial charge on any atom is -0.497 e. The number of ether oxygens (including phenoxy) is 2. The van der Waals surface area contributed by atoms with Crippen LogP contribution in [0.4, 0.5) is 10.5 Å². The second-order valence-corrected chi connectivity index (χ2v) is 7.17. The number of amides is 2. The number of aromatic nitrogens is 1. The van der Waals surface area contributed by atoms with Crippen LogP contribution in [0, 0.1) is 0 Å². The third-order valence-electron chi connectivity index (χ3n) is 5.37. The van der Waals surface area contributed by atoms with Crippen LogP contribution in [-0.2, 0) is 29.0 Å². The zero-order chi connectivity index (χ0) is 21.1. The minimum absolute atomic E-state index is 0.138. The van der Waals surface area contributed by atoms with E-state index in [9.17, 15) is 9.59 Å². The highest BCUT2D eigenvalue weighted by atomic mass is 16.5. The van der Waals surface area contributed by atoms with Crippen LogP contribution in [0.25, 0.3) is 10.9 Å². The van der Waals surface area contributed by atoms with Crippen LogP contribution in [0.2, 0.25) is 0 Å². The Bertz CT molecular complexity index is 1070. The van der Waals surface area contributed by atoms with E-state index in [0.29, 0.717) is 26.1 Å². The van der Waals surface area contributed by atoms with Gasteiger partial charge in [-0.25, -0.2) is 4.79 Å². The Morgan fingerprint density at radius 3 is 2.67 bits per heavy atom. The van der Waals surface area contributed by atoms with E-state index >= 15 is 0 Å². The van der Waals surface area contributed by atoms with E-state index in [2.05, 4.69) is 5.32 Å². The molecule has 1 aromatic heterocycles. The molecule has 0 spiro atoms. The molecule has 30 heavy (non-hydrogen) atoms. The number of nitrogens with zero attached hydrogens (tertiary/aromatic N) is 2. The van der Waals surface area contributed by atoms with Crippen LogP contribution in [0.5, 0.6) is 5.75 Å². The van der Waals surface area contributed by atoms with Gasteiger partial charge in [0.1, 0.15) is 12.3 Å². The van der Waals surface area contributed by atoms with Gasteiger partial charge < -0.3 is 24.3 Å². The van der Waals surface area contributed by atoms with Gasteiger partial charge in [-0.3, -0.25) is 4.79 Å². The second kappa shape index (κ2) is 8.49. The van der Waals surface area contributed by atoms with Crippen LogP contribution in [0.15, 0.2) is 48.5 Å². The van der Waals surface area contributed by atoms with E-state index < -0.39 is 0 Å². The maximum Gasteiger partial charge on any atom is 0.325 e. The van der Waals surface area contributed by atoms with Crippen molar-refractivity contribution in [1.82, 2.24) is 9.47 Å². The molecule has 1 aliphatic rings. The fraction of sp³-hybridized carbons (Fsp3) is 0.304. The van der Waals surface area contributed by atoms with Crippen molar-refractivity contribution in [2.45, 2.75) is 26.4 Å². The van der Waals surface area contributed by atoms with Gasteiger partial charge in [0.05, 0.1) is 13.7 Å². The quantitative estimate of drug-likeness (QED) is 0.653. The van der Waals surface area contributed by atoms with Gasteiger partial charge in [-0.2, -0.15) is 0 Å². The first-order valence-electron chi connectivity index (χ1n) is 10.0. The van der Waals surface area contributed by atoms with Crippen LogP contribution >= 0.6 is 0 Å². The van der Waals surface area contributed by atoms with Crippen molar-refractivity contribution in [1.29, 1.82) is 0 Å². The Balaban J connectivity index is 1.66. The number of nitrogens with one attached hydrogen (secondary N) is 1. The molecule has 0 aliphatic carbocycles. The van der Waals surface area contributed by atoms with Crippen molar-refractivity contribution in [3.8, 4) is 5.75 Å². The number of hydrogen-bond donors (Lipinski definition) is 1. The number of benzene rings is 2. The molecule has 0 fully saturated rings. The zero-order valence-corrected chi connectivity index (χ0v) is 17.2. The van der Waals surface area contributed by atoms with E-state index in [-0.39, 0.29) is 18.5 Å². The molecule has 0 radical (unpaired) electrons. The maximum atomic E-state index is 12.8. The molecule has 156 valence electrons. The SMILES string of the molecule is CCOC(=O)Cn1c2c(c3cc(OC)ccc31)CN(C(=O)Nc1ccccc1)CC2. The first-order valence-corrected chi connectivity index (χ1v) is 10.0. The molecule has 2 heterocycles. The minimum atomic E-state index is -0.266. The third kappa shape index (κ3) is 3.83. The van der Waals surface area contributed by atoms with Crippen molar-refractivity contribution in [2.24, 2.45) is 0 Å². The molecule has 2 amide bonds. The number of esters is 1. The summed E-state index contributed by atoms with van der Waals surface area (Å²) in [5.41, 5.74) is 3.82. The Hall–Kier alpha value is -3.48. The molecule has 3 aromatic rings. The Morgan fingerprint density at radius 1 is 1.13 bits per heavy atom. The molecular formula is C23H25N3O4. The summed E-state index contributed by atoms with van der Waals surface area (Å²) < 4.78 is 12.6. The average Bonchev–Trinajstić information content (AvgIpc) is 3.06. The van der Waals surface area contributed by atoms with Gasteiger partial charge in [0.25, 0.3) is 0 Å². The average molecular weight is 407 g/mol. The Kier molecular flexibility index (Phi) is 5.61. The highest BCUT2D eigenvalue weighted by Gasteiger charge is 2.27. The number of fused-ring (bicyclic) bond motifs is 3. The van der Waals surface area contributed by atoms with Crippen LogP contribution in [0.1, 0.15) is 18.2 Å². The third-order valence-corrected chi connectivity index (χ3v) is 5.37. The molecule has 0 saturated carbocycles. The highest BCUT2D eigenvalue weighted by molar-refractivity contribution is 5.92. The molecule has 4 rings (SSSR count). The molecule has 0 saturated heterocycles. The fourth-order valence-corrected chi connectivity index (χ4v) is 3.97. The lowest BCUT2D eigenvalue weighted by molar-refractivity contribution is -0.143. The number of urea groups is 1. The molecule has 7 heteroatoms. The Morgan fingerprint density at radius 2 is 1.93 bits per heavy atom. The van der Waals surface area contributed by atoms with Crippen molar-refractivity contribution in [2.75, 3.05) is 25.6 Å². The number of anilines is 1.